The monoisotopic (exact) mass is 379 g/mol. The van der Waals surface area contributed by atoms with Gasteiger partial charge in [-0.05, 0) is 42.8 Å². The summed E-state index contributed by atoms with van der Waals surface area (Å²) >= 11 is 0. The van der Waals surface area contributed by atoms with E-state index in [1.807, 2.05) is 43.3 Å². The molecule has 140 valence electrons. The van der Waals surface area contributed by atoms with Gasteiger partial charge >= 0.3 is 0 Å². The highest BCUT2D eigenvalue weighted by atomic mass is 16.5. The summed E-state index contributed by atoms with van der Waals surface area (Å²) in [5.74, 6) is 0.388. The van der Waals surface area contributed by atoms with E-state index in [2.05, 4.69) is 16.0 Å². The number of hydrogen-bond donors (Lipinski definition) is 0. The van der Waals surface area contributed by atoms with E-state index in [1.165, 1.54) is 0 Å². The van der Waals surface area contributed by atoms with Crippen LogP contribution in [0.15, 0.2) is 59.9 Å². The first-order valence-corrected chi connectivity index (χ1v) is 9.70. The lowest BCUT2D eigenvalue weighted by atomic mass is 9.88. The summed E-state index contributed by atoms with van der Waals surface area (Å²) in [5, 5.41) is 2.02. The first-order valence-electron chi connectivity index (χ1n) is 9.70. The summed E-state index contributed by atoms with van der Waals surface area (Å²) in [6.07, 6.45) is 4.20. The molecular weight excluding hydrogens is 362 g/mol. The second-order valence-corrected chi connectivity index (χ2v) is 7.63. The van der Waals surface area contributed by atoms with Gasteiger partial charge in [-0.3, -0.25) is 19.8 Å². The van der Waals surface area contributed by atoms with Crippen LogP contribution in [-0.2, 0) is 6.42 Å². The van der Waals surface area contributed by atoms with Crippen molar-refractivity contribution in [2.45, 2.75) is 13.3 Å². The maximum atomic E-state index is 13.2. The normalized spacial score (nSPS) is 17.8. The fourth-order valence-corrected chi connectivity index (χ4v) is 4.43. The number of fused-ring (bicyclic) bond motifs is 7. The quantitative estimate of drug-likeness (QED) is 0.453. The molecule has 0 radical (unpaired) electrons. The Morgan fingerprint density at radius 1 is 1.00 bits per heavy atom. The summed E-state index contributed by atoms with van der Waals surface area (Å²) in [6.45, 7) is 2.31. The number of hydrogen-bond acceptors (Lipinski definition) is 5. The minimum absolute atomic E-state index is 0.0892. The Labute approximate surface area is 167 Å². The van der Waals surface area contributed by atoms with Crippen LogP contribution in [0.1, 0.15) is 21.5 Å². The number of benzene rings is 2. The Balaban J connectivity index is 1.51. The Morgan fingerprint density at radius 3 is 2.59 bits per heavy atom. The molecule has 6 rings (SSSR count). The lowest BCUT2D eigenvalue weighted by molar-refractivity contribution is 0.0887. The predicted octanol–water partition coefficient (Wildman–Crippen LogP) is 4.61. The highest BCUT2D eigenvalue weighted by Crippen LogP contribution is 2.42. The number of carbonyl (C=O) groups is 1. The molecule has 2 aliphatic rings. The van der Waals surface area contributed by atoms with Gasteiger partial charge in [0.05, 0.1) is 28.2 Å². The molecule has 0 N–H and O–H groups in total. The van der Waals surface area contributed by atoms with Crippen molar-refractivity contribution in [3.8, 4) is 5.75 Å². The summed E-state index contributed by atoms with van der Waals surface area (Å²) in [5.41, 5.74) is 6.31. The minimum atomic E-state index is -0.366. The zero-order valence-corrected chi connectivity index (χ0v) is 15.8. The third kappa shape index (κ3) is 2.34. The van der Waals surface area contributed by atoms with E-state index in [0.29, 0.717) is 24.3 Å². The van der Waals surface area contributed by atoms with Crippen molar-refractivity contribution in [3.63, 3.8) is 0 Å². The molecule has 0 spiro atoms. The number of nitrogens with zero attached hydrogens (tertiary/aromatic N) is 3. The van der Waals surface area contributed by atoms with Crippen LogP contribution in [-0.4, -0.2) is 28.1 Å². The second kappa shape index (κ2) is 5.95. The Hall–Kier alpha value is -3.60. The SMILES string of the molecule is Cc1ccc2c(c1)C(=O)C(C1=Nc3c(c4cccnc4c4ncccc34)C1)CO2. The standard InChI is InChI=1S/C24H17N3O2/c1-13-6-7-20-17(10-13)24(28)18(12-29-20)19-11-16-14-4-2-8-25-22(14)23-15(21(16)27-19)5-3-9-26-23/h2-10,18H,11-12H2,1H3. The number of rotatable bonds is 1. The van der Waals surface area contributed by atoms with Crippen molar-refractivity contribution in [1.82, 2.24) is 9.97 Å². The average molecular weight is 379 g/mol. The molecule has 0 fully saturated rings. The predicted molar refractivity (Wildman–Crippen MR) is 112 cm³/mol. The van der Waals surface area contributed by atoms with Crippen molar-refractivity contribution >= 4 is 39.0 Å². The van der Waals surface area contributed by atoms with Crippen LogP contribution in [0, 0.1) is 12.8 Å². The number of pyridine rings is 2. The molecule has 0 saturated heterocycles. The topological polar surface area (TPSA) is 64.4 Å². The number of aliphatic imine (C=N–C) groups is 1. The third-order valence-electron chi connectivity index (χ3n) is 5.84. The largest absolute Gasteiger partial charge is 0.492 e. The maximum absolute atomic E-state index is 13.2. The average Bonchev–Trinajstić information content (AvgIpc) is 3.20. The molecule has 2 aromatic carbocycles. The third-order valence-corrected chi connectivity index (χ3v) is 5.84. The molecule has 2 aromatic heterocycles. The van der Waals surface area contributed by atoms with Crippen molar-refractivity contribution in [2.24, 2.45) is 10.9 Å². The molecular formula is C24H17N3O2. The second-order valence-electron chi connectivity index (χ2n) is 7.63. The maximum Gasteiger partial charge on any atom is 0.178 e. The molecule has 4 heterocycles. The molecule has 5 heteroatoms. The first kappa shape index (κ1) is 16.4. The van der Waals surface area contributed by atoms with Crippen LogP contribution < -0.4 is 4.74 Å². The van der Waals surface area contributed by atoms with E-state index in [0.717, 1.165) is 44.3 Å². The van der Waals surface area contributed by atoms with Crippen LogP contribution in [0.2, 0.25) is 0 Å². The molecule has 2 aliphatic heterocycles. The van der Waals surface area contributed by atoms with Gasteiger partial charge in [0.1, 0.15) is 12.4 Å². The van der Waals surface area contributed by atoms with E-state index >= 15 is 0 Å². The number of carbonyl (C=O) groups excluding carboxylic acids is 1. The lowest BCUT2D eigenvalue weighted by Gasteiger charge is -2.24. The molecule has 1 unspecified atom stereocenters. The van der Waals surface area contributed by atoms with E-state index in [9.17, 15) is 4.79 Å². The van der Waals surface area contributed by atoms with E-state index in [1.54, 1.807) is 12.4 Å². The summed E-state index contributed by atoms with van der Waals surface area (Å²) in [6, 6.07) is 13.7. The van der Waals surface area contributed by atoms with Crippen LogP contribution >= 0.6 is 0 Å². The van der Waals surface area contributed by atoms with Crippen molar-refractivity contribution in [3.05, 3.63) is 71.5 Å². The van der Waals surface area contributed by atoms with Crippen molar-refractivity contribution in [1.29, 1.82) is 0 Å². The fourth-order valence-electron chi connectivity index (χ4n) is 4.43. The van der Waals surface area contributed by atoms with Gasteiger partial charge in [-0.2, -0.15) is 0 Å². The molecule has 4 aromatic rings. The number of aromatic nitrogens is 2. The van der Waals surface area contributed by atoms with Gasteiger partial charge in [-0.1, -0.05) is 17.7 Å². The van der Waals surface area contributed by atoms with Gasteiger partial charge in [0.15, 0.2) is 5.78 Å². The van der Waals surface area contributed by atoms with Crippen LogP contribution in [0.5, 0.6) is 5.75 Å². The minimum Gasteiger partial charge on any atom is -0.492 e. The zero-order valence-electron chi connectivity index (χ0n) is 15.8. The molecule has 0 saturated carbocycles. The molecule has 1 atom stereocenters. The molecule has 29 heavy (non-hydrogen) atoms. The van der Waals surface area contributed by atoms with E-state index in [-0.39, 0.29) is 11.7 Å². The summed E-state index contributed by atoms with van der Waals surface area (Å²) in [7, 11) is 0. The lowest BCUT2D eigenvalue weighted by Crippen LogP contribution is -2.34. The van der Waals surface area contributed by atoms with Crippen LogP contribution in [0.4, 0.5) is 5.69 Å². The Morgan fingerprint density at radius 2 is 1.76 bits per heavy atom. The number of Topliss-reactive ketones (excluding diaryl/α,β-unsaturated/α-hetero) is 1. The van der Waals surface area contributed by atoms with Crippen molar-refractivity contribution in [2.75, 3.05) is 6.61 Å². The number of ether oxygens (including phenoxy) is 1. The van der Waals surface area contributed by atoms with Gasteiger partial charge in [-0.15, -0.1) is 0 Å². The summed E-state index contributed by atoms with van der Waals surface area (Å²) < 4.78 is 5.92. The van der Waals surface area contributed by atoms with E-state index < -0.39 is 0 Å². The molecule has 0 bridgehead atoms. The highest BCUT2D eigenvalue weighted by molar-refractivity contribution is 6.21. The fraction of sp³-hybridized carbons (Fsp3) is 0.167. The van der Waals surface area contributed by atoms with Gasteiger partial charge < -0.3 is 4.74 Å². The highest BCUT2D eigenvalue weighted by Gasteiger charge is 2.36. The Kier molecular flexibility index (Phi) is 3.36. The van der Waals surface area contributed by atoms with Crippen LogP contribution in [0.3, 0.4) is 0 Å². The molecule has 0 amide bonds. The first-order chi connectivity index (χ1) is 14.2. The smallest absolute Gasteiger partial charge is 0.178 e. The van der Waals surface area contributed by atoms with Gasteiger partial charge in [0, 0.05) is 35.3 Å². The molecule has 0 aliphatic carbocycles. The number of aryl methyl sites for hydroxylation is 1. The van der Waals surface area contributed by atoms with Gasteiger partial charge in [-0.25, -0.2) is 0 Å². The summed E-state index contributed by atoms with van der Waals surface area (Å²) in [4.78, 5) is 27.3. The van der Waals surface area contributed by atoms with Crippen molar-refractivity contribution < 1.29 is 9.53 Å². The van der Waals surface area contributed by atoms with Gasteiger partial charge in [0.25, 0.3) is 0 Å². The van der Waals surface area contributed by atoms with Crippen LogP contribution in [0.25, 0.3) is 21.8 Å². The Bertz CT molecular complexity index is 1370. The van der Waals surface area contributed by atoms with Gasteiger partial charge in [0.2, 0.25) is 0 Å². The zero-order chi connectivity index (χ0) is 19.5. The van der Waals surface area contributed by atoms with E-state index in [4.69, 9.17) is 9.73 Å². The molecule has 5 nitrogen and oxygen atoms in total. The number of ketones is 1.